The molecule has 2 rings (SSSR count). The van der Waals surface area contributed by atoms with Gasteiger partial charge in [-0.05, 0) is 44.4 Å². The van der Waals surface area contributed by atoms with Crippen molar-refractivity contribution in [2.45, 2.75) is 31.8 Å². The smallest absolute Gasteiger partial charge is 0.350 e. The molecule has 0 spiro atoms. The van der Waals surface area contributed by atoms with E-state index in [1.165, 1.54) is 0 Å². The zero-order valence-corrected chi connectivity index (χ0v) is 10.3. The third kappa shape index (κ3) is 2.30. The molecular weight excluding hydrogens is 230 g/mol. The molecule has 18 heavy (non-hydrogen) atoms. The van der Waals surface area contributed by atoms with E-state index in [2.05, 4.69) is 0 Å². The Labute approximate surface area is 106 Å². The standard InChI is InChI=1S/C14H15NO3/c1-2-17-13(16)14(7-4-8-14)18-12-6-3-5-11(9-12)10-15/h3,5-6,9H,2,4,7-8H2,1H3. The third-order valence-corrected chi connectivity index (χ3v) is 3.09. The monoisotopic (exact) mass is 245 g/mol. The Morgan fingerprint density at radius 3 is 2.83 bits per heavy atom. The molecule has 1 aliphatic rings. The highest BCUT2D eigenvalue weighted by Gasteiger charge is 2.48. The molecule has 1 aliphatic carbocycles. The van der Waals surface area contributed by atoms with Crippen molar-refractivity contribution in [2.75, 3.05) is 6.61 Å². The molecule has 0 bridgehead atoms. The van der Waals surface area contributed by atoms with Gasteiger partial charge in [0, 0.05) is 0 Å². The Kier molecular flexibility index (Phi) is 3.52. The largest absolute Gasteiger partial charge is 0.476 e. The molecule has 0 heterocycles. The number of hydrogen-bond donors (Lipinski definition) is 0. The summed E-state index contributed by atoms with van der Waals surface area (Å²) in [6.07, 6.45) is 2.29. The lowest BCUT2D eigenvalue weighted by Gasteiger charge is -2.39. The molecule has 0 radical (unpaired) electrons. The Morgan fingerprint density at radius 2 is 2.28 bits per heavy atom. The lowest BCUT2D eigenvalue weighted by atomic mass is 9.80. The van der Waals surface area contributed by atoms with Gasteiger partial charge in [0.1, 0.15) is 5.75 Å². The second-order valence-electron chi connectivity index (χ2n) is 4.31. The number of nitrogens with zero attached hydrogens (tertiary/aromatic N) is 1. The molecule has 0 saturated heterocycles. The van der Waals surface area contributed by atoms with E-state index in [9.17, 15) is 4.79 Å². The minimum absolute atomic E-state index is 0.307. The molecule has 0 unspecified atom stereocenters. The van der Waals surface area contributed by atoms with Gasteiger partial charge in [-0.15, -0.1) is 0 Å². The van der Waals surface area contributed by atoms with Crippen LogP contribution in [0.2, 0.25) is 0 Å². The van der Waals surface area contributed by atoms with E-state index >= 15 is 0 Å². The first-order valence-electron chi connectivity index (χ1n) is 6.06. The van der Waals surface area contributed by atoms with Gasteiger partial charge in [0.25, 0.3) is 0 Å². The van der Waals surface area contributed by atoms with E-state index < -0.39 is 5.60 Å². The van der Waals surface area contributed by atoms with Crippen molar-refractivity contribution in [2.24, 2.45) is 0 Å². The summed E-state index contributed by atoms with van der Waals surface area (Å²) in [5.74, 6) is 0.236. The van der Waals surface area contributed by atoms with Gasteiger partial charge < -0.3 is 9.47 Å². The maximum Gasteiger partial charge on any atom is 0.350 e. The Hall–Kier alpha value is -2.02. The molecule has 0 aliphatic heterocycles. The maximum atomic E-state index is 11.9. The molecule has 1 aromatic rings. The lowest BCUT2D eigenvalue weighted by Crippen LogP contribution is -2.51. The molecule has 1 aromatic carbocycles. The highest BCUT2D eigenvalue weighted by atomic mass is 16.6. The van der Waals surface area contributed by atoms with Gasteiger partial charge in [-0.1, -0.05) is 6.07 Å². The summed E-state index contributed by atoms with van der Waals surface area (Å²) in [7, 11) is 0. The Morgan fingerprint density at radius 1 is 1.50 bits per heavy atom. The van der Waals surface area contributed by atoms with Gasteiger partial charge in [0.2, 0.25) is 5.60 Å². The minimum atomic E-state index is -0.843. The van der Waals surface area contributed by atoms with Crippen molar-refractivity contribution in [3.05, 3.63) is 29.8 Å². The van der Waals surface area contributed by atoms with Crippen LogP contribution in [0.3, 0.4) is 0 Å². The van der Waals surface area contributed by atoms with E-state index in [-0.39, 0.29) is 5.97 Å². The number of hydrogen-bond acceptors (Lipinski definition) is 4. The molecule has 0 aromatic heterocycles. The molecule has 0 amide bonds. The fraction of sp³-hybridized carbons (Fsp3) is 0.429. The van der Waals surface area contributed by atoms with Crippen LogP contribution in [0.1, 0.15) is 31.7 Å². The van der Waals surface area contributed by atoms with Crippen molar-refractivity contribution in [3.8, 4) is 11.8 Å². The van der Waals surface area contributed by atoms with Crippen LogP contribution >= 0.6 is 0 Å². The van der Waals surface area contributed by atoms with Gasteiger partial charge >= 0.3 is 5.97 Å². The number of carbonyl (C=O) groups excluding carboxylic acids is 1. The zero-order chi connectivity index (χ0) is 13.0. The molecule has 1 saturated carbocycles. The van der Waals surface area contributed by atoms with E-state index in [1.807, 2.05) is 6.07 Å². The molecule has 1 fully saturated rings. The predicted octanol–water partition coefficient (Wildman–Crippen LogP) is 2.42. The van der Waals surface area contributed by atoms with E-state index in [0.29, 0.717) is 30.8 Å². The first-order chi connectivity index (χ1) is 8.70. The van der Waals surface area contributed by atoms with Crippen molar-refractivity contribution in [1.82, 2.24) is 0 Å². The molecule has 0 atom stereocenters. The number of benzene rings is 1. The van der Waals surface area contributed by atoms with Crippen LogP contribution in [0, 0.1) is 11.3 Å². The lowest BCUT2D eigenvalue weighted by molar-refractivity contribution is -0.169. The zero-order valence-electron chi connectivity index (χ0n) is 10.3. The number of nitriles is 1. The van der Waals surface area contributed by atoms with Crippen molar-refractivity contribution in [1.29, 1.82) is 5.26 Å². The quantitative estimate of drug-likeness (QED) is 0.764. The molecule has 0 N–H and O–H groups in total. The van der Waals surface area contributed by atoms with Crippen LogP contribution in [0.25, 0.3) is 0 Å². The molecule has 94 valence electrons. The number of ether oxygens (including phenoxy) is 2. The normalized spacial score (nSPS) is 16.2. The Balaban J connectivity index is 2.15. The summed E-state index contributed by atoms with van der Waals surface area (Å²) < 4.78 is 10.8. The van der Waals surface area contributed by atoms with Crippen LogP contribution < -0.4 is 4.74 Å². The van der Waals surface area contributed by atoms with Gasteiger partial charge in [-0.25, -0.2) is 4.79 Å². The van der Waals surface area contributed by atoms with Gasteiger partial charge in [-0.2, -0.15) is 5.26 Å². The van der Waals surface area contributed by atoms with E-state index in [4.69, 9.17) is 14.7 Å². The van der Waals surface area contributed by atoms with Crippen molar-refractivity contribution < 1.29 is 14.3 Å². The second kappa shape index (κ2) is 5.09. The second-order valence-corrected chi connectivity index (χ2v) is 4.31. The third-order valence-electron chi connectivity index (χ3n) is 3.09. The highest BCUT2D eigenvalue weighted by molar-refractivity contribution is 5.81. The summed E-state index contributed by atoms with van der Waals surface area (Å²) in [6, 6.07) is 8.88. The summed E-state index contributed by atoms with van der Waals surface area (Å²) in [6.45, 7) is 2.13. The van der Waals surface area contributed by atoms with Crippen LogP contribution in [0.4, 0.5) is 0 Å². The van der Waals surface area contributed by atoms with Crippen molar-refractivity contribution >= 4 is 5.97 Å². The molecule has 4 nitrogen and oxygen atoms in total. The van der Waals surface area contributed by atoms with Crippen LogP contribution in [0.15, 0.2) is 24.3 Å². The van der Waals surface area contributed by atoms with Gasteiger partial charge in [0.05, 0.1) is 18.2 Å². The molecular formula is C14H15NO3. The topological polar surface area (TPSA) is 59.3 Å². The van der Waals surface area contributed by atoms with Gasteiger partial charge in [0.15, 0.2) is 0 Å². The van der Waals surface area contributed by atoms with Crippen LogP contribution in [-0.4, -0.2) is 18.2 Å². The molecule has 4 heteroatoms. The predicted molar refractivity (Wildman–Crippen MR) is 65.0 cm³/mol. The number of carbonyl (C=O) groups is 1. The number of rotatable bonds is 4. The van der Waals surface area contributed by atoms with E-state index in [1.54, 1.807) is 31.2 Å². The highest BCUT2D eigenvalue weighted by Crippen LogP contribution is 2.37. The fourth-order valence-electron chi connectivity index (χ4n) is 1.96. The first-order valence-corrected chi connectivity index (χ1v) is 6.06. The summed E-state index contributed by atoms with van der Waals surface area (Å²) in [5, 5.41) is 8.83. The maximum absolute atomic E-state index is 11.9. The van der Waals surface area contributed by atoms with Crippen LogP contribution in [-0.2, 0) is 9.53 Å². The first kappa shape index (κ1) is 12.4. The van der Waals surface area contributed by atoms with Crippen LogP contribution in [0.5, 0.6) is 5.75 Å². The average Bonchev–Trinajstić information content (AvgIpc) is 2.34. The summed E-state index contributed by atoms with van der Waals surface area (Å²) in [4.78, 5) is 11.9. The van der Waals surface area contributed by atoms with Gasteiger partial charge in [-0.3, -0.25) is 0 Å². The van der Waals surface area contributed by atoms with E-state index in [0.717, 1.165) is 6.42 Å². The SMILES string of the molecule is CCOC(=O)C1(Oc2cccc(C#N)c2)CCC1. The Bertz CT molecular complexity index is 486. The fourth-order valence-corrected chi connectivity index (χ4v) is 1.96. The summed E-state index contributed by atoms with van der Waals surface area (Å²) >= 11 is 0. The van der Waals surface area contributed by atoms with Crippen molar-refractivity contribution in [3.63, 3.8) is 0 Å². The number of esters is 1. The minimum Gasteiger partial charge on any atom is -0.476 e. The summed E-state index contributed by atoms with van der Waals surface area (Å²) in [5.41, 5.74) is -0.324. The average molecular weight is 245 g/mol.